The Kier molecular flexibility index (Phi) is 3.63. The van der Waals surface area contributed by atoms with Crippen molar-refractivity contribution in [1.82, 2.24) is 4.90 Å². The number of para-hydroxylation sites is 1. The normalized spacial score (nSPS) is 10.9. The molecule has 0 atom stereocenters. The van der Waals surface area contributed by atoms with Gasteiger partial charge < -0.3 is 9.32 Å². The average molecular weight is 350 g/mol. The van der Waals surface area contributed by atoms with E-state index in [1.54, 1.807) is 23.3 Å². The highest BCUT2D eigenvalue weighted by Crippen LogP contribution is 2.24. The summed E-state index contributed by atoms with van der Waals surface area (Å²) < 4.78 is 6.47. The quantitative estimate of drug-likeness (QED) is 0.695. The SMILES string of the molecule is CN(Cc1cc(Br)cs1)C(=O)c1coc2ccccc12. The minimum absolute atomic E-state index is 0.0283. The van der Waals surface area contributed by atoms with Crippen LogP contribution in [-0.2, 0) is 6.54 Å². The van der Waals surface area contributed by atoms with Gasteiger partial charge in [-0.1, -0.05) is 18.2 Å². The van der Waals surface area contributed by atoms with Crippen LogP contribution in [0.5, 0.6) is 0 Å². The lowest BCUT2D eigenvalue weighted by Crippen LogP contribution is -2.25. The third-order valence-electron chi connectivity index (χ3n) is 3.07. The Morgan fingerprint density at radius 2 is 2.20 bits per heavy atom. The van der Waals surface area contributed by atoms with Crippen LogP contribution in [0.3, 0.4) is 0 Å². The van der Waals surface area contributed by atoms with E-state index < -0.39 is 0 Å². The van der Waals surface area contributed by atoms with Crippen molar-refractivity contribution in [1.29, 1.82) is 0 Å². The molecule has 0 spiro atoms. The monoisotopic (exact) mass is 349 g/mol. The molecule has 102 valence electrons. The lowest BCUT2D eigenvalue weighted by molar-refractivity contribution is 0.0787. The number of carbonyl (C=O) groups excluding carboxylic acids is 1. The number of fused-ring (bicyclic) bond motifs is 1. The van der Waals surface area contributed by atoms with Gasteiger partial charge in [0, 0.05) is 27.2 Å². The third kappa shape index (κ3) is 2.51. The van der Waals surface area contributed by atoms with E-state index >= 15 is 0 Å². The molecule has 1 amide bonds. The summed E-state index contributed by atoms with van der Waals surface area (Å²) in [6.07, 6.45) is 1.54. The summed E-state index contributed by atoms with van der Waals surface area (Å²) in [5, 5.41) is 2.87. The summed E-state index contributed by atoms with van der Waals surface area (Å²) in [4.78, 5) is 15.3. The Morgan fingerprint density at radius 3 is 2.95 bits per heavy atom. The lowest BCUT2D eigenvalue weighted by atomic mass is 10.1. The van der Waals surface area contributed by atoms with Gasteiger partial charge in [-0.3, -0.25) is 4.79 Å². The second-order valence-corrected chi connectivity index (χ2v) is 6.45. The number of thiophene rings is 1. The molecule has 3 rings (SSSR count). The van der Waals surface area contributed by atoms with Crippen LogP contribution in [0.1, 0.15) is 15.2 Å². The summed E-state index contributed by atoms with van der Waals surface area (Å²) >= 11 is 5.05. The summed E-state index contributed by atoms with van der Waals surface area (Å²) in [6.45, 7) is 0.592. The number of hydrogen-bond acceptors (Lipinski definition) is 3. The predicted molar refractivity (Wildman–Crippen MR) is 84.0 cm³/mol. The molecule has 0 aliphatic carbocycles. The molecule has 0 aliphatic rings. The van der Waals surface area contributed by atoms with E-state index in [0.717, 1.165) is 20.3 Å². The van der Waals surface area contributed by atoms with Crippen LogP contribution in [-0.4, -0.2) is 17.9 Å². The number of halogens is 1. The molecule has 2 aromatic heterocycles. The van der Waals surface area contributed by atoms with Crippen molar-refractivity contribution in [3.8, 4) is 0 Å². The Hall–Kier alpha value is -1.59. The van der Waals surface area contributed by atoms with Gasteiger partial charge in [0.05, 0.1) is 12.1 Å². The molecule has 0 saturated carbocycles. The molecule has 3 aromatic rings. The lowest BCUT2D eigenvalue weighted by Gasteiger charge is -2.15. The Morgan fingerprint density at radius 1 is 1.40 bits per heavy atom. The summed E-state index contributed by atoms with van der Waals surface area (Å²) in [6, 6.07) is 9.60. The van der Waals surface area contributed by atoms with Gasteiger partial charge in [0.2, 0.25) is 0 Å². The topological polar surface area (TPSA) is 33.5 Å². The zero-order chi connectivity index (χ0) is 14.1. The number of carbonyl (C=O) groups is 1. The fourth-order valence-electron chi connectivity index (χ4n) is 2.09. The van der Waals surface area contributed by atoms with Gasteiger partial charge in [-0.2, -0.15) is 0 Å². The number of benzene rings is 1. The summed E-state index contributed by atoms with van der Waals surface area (Å²) in [5.74, 6) is -0.0283. The van der Waals surface area contributed by atoms with E-state index in [0.29, 0.717) is 12.1 Å². The van der Waals surface area contributed by atoms with Crippen LogP contribution in [0.25, 0.3) is 11.0 Å². The second kappa shape index (κ2) is 5.42. The molecule has 5 heteroatoms. The summed E-state index contributed by atoms with van der Waals surface area (Å²) in [5.41, 5.74) is 1.35. The molecule has 1 aromatic carbocycles. The van der Waals surface area contributed by atoms with Crippen LogP contribution in [0.15, 0.2) is 50.9 Å². The fourth-order valence-corrected chi connectivity index (χ4v) is 3.59. The maximum atomic E-state index is 12.5. The molecular weight excluding hydrogens is 338 g/mol. The van der Waals surface area contributed by atoms with Gasteiger partial charge in [0.25, 0.3) is 5.91 Å². The molecule has 0 N–H and O–H groups in total. The van der Waals surface area contributed by atoms with Crippen LogP contribution < -0.4 is 0 Å². The summed E-state index contributed by atoms with van der Waals surface area (Å²) in [7, 11) is 1.80. The van der Waals surface area contributed by atoms with Crippen LogP contribution >= 0.6 is 27.3 Å². The van der Waals surface area contributed by atoms with E-state index in [1.807, 2.05) is 35.7 Å². The molecule has 0 bridgehead atoms. The van der Waals surface area contributed by atoms with E-state index in [1.165, 1.54) is 6.26 Å². The van der Waals surface area contributed by atoms with Gasteiger partial charge in [0.1, 0.15) is 11.8 Å². The van der Waals surface area contributed by atoms with Gasteiger partial charge in [-0.15, -0.1) is 11.3 Å². The first-order valence-electron chi connectivity index (χ1n) is 6.10. The minimum Gasteiger partial charge on any atom is -0.463 e. The van der Waals surface area contributed by atoms with E-state index in [4.69, 9.17) is 4.42 Å². The van der Waals surface area contributed by atoms with Crippen LogP contribution in [0.2, 0.25) is 0 Å². The molecule has 0 unspecified atom stereocenters. The zero-order valence-corrected chi connectivity index (χ0v) is 13.2. The molecule has 20 heavy (non-hydrogen) atoms. The third-order valence-corrected chi connectivity index (χ3v) is 4.76. The van der Waals surface area contributed by atoms with Crippen molar-refractivity contribution >= 4 is 44.1 Å². The molecular formula is C15H12BrNO2S. The molecule has 0 fully saturated rings. The van der Waals surface area contributed by atoms with Crippen molar-refractivity contribution in [3.05, 3.63) is 56.9 Å². The second-order valence-electron chi connectivity index (χ2n) is 4.54. The highest BCUT2D eigenvalue weighted by Gasteiger charge is 2.17. The maximum Gasteiger partial charge on any atom is 0.257 e. The van der Waals surface area contributed by atoms with Crippen molar-refractivity contribution in [2.75, 3.05) is 7.05 Å². The number of hydrogen-bond donors (Lipinski definition) is 0. The maximum absolute atomic E-state index is 12.5. The number of furan rings is 1. The van der Waals surface area contributed by atoms with E-state index in [9.17, 15) is 4.79 Å². The highest BCUT2D eigenvalue weighted by atomic mass is 79.9. The van der Waals surface area contributed by atoms with Crippen LogP contribution in [0, 0.1) is 0 Å². The molecule has 0 radical (unpaired) electrons. The van der Waals surface area contributed by atoms with Crippen LogP contribution in [0.4, 0.5) is 0 Å². The molecule has 0 aliphatic heterocycles. The molecule has 0 saturated heterocycles. The largest absolute Gasteiger partial charge is 0.463 e. The number of rotatable bonds is 3. The zero-order valence-electron chi connectivity index (χ0n) is 10.8. The number of nitrogens with zero attached hydrogens (tertiary/aromatic N) is 1. The van der Waals surface area contributed by atoms with E-state index in [-0.39, 0.29) is 5.91 Å². The smallest absolute Gasteiger partial charge is 0.257 e. The highest BCUT2D eigenvalue weighted by molar-refractivity contribution is 9.10. The first kappa shape index (κ1) is 13.4. The van der Waals surface area contributed by atoms with Crippen molar-refractivity contribution < 1.29 is 9.21 Å². The van der Waals surface area contributed by atoms with Gasteiger partial charge >= 0.3 is 0 Å². The first-order valence-corrected chi connectivity index (χ1v) is 7.77. The Balaban J connectivity index is 1.84. The fraction of sp³-hybridized carbons (Fsp3) is 0.133. The molecule has 2 heterocycles. The average Bonchev–Trinajstić information content (AvgIpc) is 3.04. The van der Waals surface area contributed by atoms with Crippen molar-refractivity contribution in [3.63, 3.8) is 0 Å². The van der Waals surface area contributed by atoms with E-state index in [2.05, 4.69) is 15.9 Å². The van der Waals surface area contributed by atoms with Gasteiger partial charge in [-0.25, -0.2) is 0 Å². The number of amides is 1. The minimum atomic E-state index is -0.0283. The standard InChI is InChI=1S/C15H12BrNO2S/c1-17(7-11-6-10(16)9-20-11)15(18)13-8-19-14-5-3-2-4-12(13)14/h2-6,8-9H,7H2,1H3. The molecule has 3 nitrogen and oxygen atoms in total. The van der Waals surface area contributed by atoms with Crippen molar-refractivity contribution in [2.24, 2.45) is 0 Å². The Bertz CT molecular complexity index is 762. The van der Waals surface area contributed by atoms with Crippen molar-refractivity contribution in [2.45, 2.75) is 6.54 Å². The predicted octanol–water partition coefficient (Wildman–Crippen LogP) is 4.53. The van der Waals surface area contributed by atoms with Gasteiger partial charge in [0.15, 0.2) is 0 Å². The Labute approximate surface area is 128 Å². The first-order chi connectivity index (χ1) is 9.65. The van der Waals surface area contributed by atoms with Gasteiger partial charge in [-0.05, 0) is 28.1 Å².